The van der Waals surface area contributed by atoms with Crippen molar-refractivity contribution in [2.75, 3.05) is 20.6 Å². The van der Waals surface area contributed by atoms with E-state index in [0.717, 1.165) is 28.4 Å². The van der Waals surface area contributed by atoms with Crippen LogP contribution >= 0.6 is 22.7 Å². The molecule has 7 heteroatoms. The molecule has 0 aliphatic carbocycles. The minimum Gasteiger partial charge on any atom is -0.347 e. The molecule has 1 fully saturated rings. The van der Waals surface area contributed by atoms with Gasteiger partial charge in [0.15, 0.2) is 0 Å². The molecule has 122 valence electrons. The Hall–Kier alpha value is -1.73. The van der Waals surface area contributed by atoms with E-state index in [2.05, 4.69) is 4.98 Å². The van der Waals surface area contributed by atoms with Gasteiger partial charge in [0.1, 0.15) is 15.9 Å². The molecule has 5 nitrogen and oxygen atoms in total. The second-order valence-corrected chi connectivity index (χ2v) is 7.75. The number of rotatable bonds is 3. The summed E-state index contributed by atoms with van der Waals surface area (Å²) < 4.78 is 0. The summed E-state index contributed by atoms with van der Waals surface area (Å²) in [6.07, 6.45) is 1.60. The first kappa shape index (κ1) is 16.1. The molecule has 0 N–H and O–H groups in total. The normalized spacial score (nSPS) is 17.5. The van der Waals surface area contributed by atoms with E-state index in [9.17, 15) is 9.59 Å². The lowest BCUT2D eigenvalue weighted by molar-refractivity contribution is -0.132. The van der Waals surface area contributed by atoms with Gasteiger partial charge in [0.2, 0.25) is 5.91 Å². The SMILES string of the molecule is Cc1nc(-c2cccs2)sc1C(=O)N1CCCC1C(=O)N(C)C. The first-order valence-corrected chi connectivity index (χ1v) is 9.22. The van der Waals surface area contributed by atoms with Crippen LogP contribution in [0.4, 0.5) is 0 Å². The number of thiazole rings is 1. The number of carbonyl (C=O) groups is 2. The summed E-state index contributed by atoms with van der Waals surface area (Å²) in [6, 6.07) is 3.64. The first-order valence-electron chi connectivity index (χ1n) is 7.52. The van der Waals surface area contributed by atoms with Crippen LogP contribution in [0, 0.1) is 6.92 Å². The number of hydrogen-bond donors (Lipinski definition) is 0. The summed E-state index contributed by atoms with van der Waals surface area (Å²) in [5, 5.41) is 2.87. The number of hydrogen-bond acceptors (Lipinski definition) is 5. The van der Waals surface area contributed by atoms with Crippen LogP contribution in [0.5, 0.6) is 0 Å². The maximum atomic E-state index is 12.9. The highest BCUT2D eigenvalue weighted by molar-refractivity contribution is 7.22. The van der Waals surface area contributed by atoms with Crippen molar-refractivity contribution in [2.24, 2.45) is 0 Å². The number of likely N-dealkylation sites (tertiary alicyclic amines) is 1. The Morgan fingerprint density at radius 1 is 1.39 bits per heavy atom. The summed E-state index contributed by atoms with van der Waals surface area (Å²) in [6.45, 7) is 2.49. The second-order valence-electron chi connectivity index (χ2n) is 5.80. The monoisotopic (exact) mass is 349 g/mol. The maximum Gasteiger partial charge on any atom is 0.266 e. The van der Waals surface area contributed by atoms with Gasteiger partial charge in [-0.2, -0.15) is 0 Å². The van der Waals surface area contributed by atoms with Crippen LogP contribution < -0.4 is 0 Å². The molecule has 3 rings (SSSR count). The molecule has 2 amide bonds. The molecule has 1 unspecified atom stereocenters. The molecular formula is C16H19N3O2S2. The molecule has 1 aliphatic heterocycles. The average Bonchev–Trinajstić information content (AvgIpc) is 3.25. The molecule has 2 aromatic rings. The molecule has 0 spiro atoms. The fourth-order valence-electron chi connectivity index (χ4n) is 2.80. The number of aromatic nitrogens is 1. The Morgan fingerprint density at radius 3 is 2.83 bits per heavy atom. The number of nitrogens with zero attached hydrogens (tertiary/aromatic N) is 3. The molecule has 0 saturated carbocycles. The Kier molecular flexibility index (Phi) is 4.50. The fraction of sp³-hybridized carbons (Fsp3) is 0.438. The van der Waals surface area contributed by atoms with Crippen molar-refractivity contribution in [3.05, 3.63) is 28.1 Å². The standard InChI is InChI=1S/C16H19N3O2S2/c1-10-13(23-14(17-10)12-7-5-9-22-12)16(21)19-8-4-6-11(19)15(20)18(2)3/h5,7,9,11H,4,6,8H2,1-3H3. The highest BCUT2D eigenvalue weighted by Gasteiger charge is 2.36. The zero-order valence-electron chi connectivity index (χ0n) is 13.4. The van der Waals surface area contributed by atoms with Crippen LogP contribution in [0.25, 0.3) is 9.88 Å². The van der Waals surface area contributed by atoms with Crippen LogP contribution in [0.1, 0.15) is 28.2 Å². The van der Waals surface area contributed by atoms with Gasteiger partial charge in [-0.05, 0) is 31.2 Å². The Labute approximate surface area is 143 Å². The van der Waals surface area contributed by atoms with Gasteiger partial charge in [-0.25, -0.2) is 4.98 Å². The molecule has 2 aromatic heterocycles. The van der Waals surface area contributed by atoms with Crippen molar-refractivity contribution in [3.63, 3.8) is 0 Å². The van der Waals surface area contributed by atoms with Gasteiger partial charge in [-0.15, -0.1) is 22.7 Å². The summed E-state index contributed by atoms with van der Waals surface area (Å²) in [7, 11) is 3.46. The van der Waals surface area contributed by atoms with Crippen molar-refractivity contribution in [1.29, 1.82) is 0 Å². The minimum atomic E-state index is -0.343. The van der Waals surface area contributed by atoms with Crippen molar-refractivity contribution in [2.45, 2.75) is 25.8 Å². The van der Waals surface area contributed by atoms with Crippen LogP contribution in [0.2, 0.25) is 0 Å². The van der Waals surface area contributed by atoms with Gasteiger partial charge in [0.25, 0.3) is 5.91 Å². The summed E-state index contributed by atoms with van der Waals surface area (Å²) in [4.78, 5) is 34.7. The van der Waals surface area contributed by atoms with E-state index in [1.807, 2.05) is 24.4 Å². The molecule has 1 atom stereocenters. The third-order valence-electron chi connectivity index (χ3n) is 3.96. The fourth-order valence-corrected chi connectivity index (χ4v) is 4.61. The summed E-state index contributed by atoms with van der Waals surface area (Å²) in [5.41, 5.74) is 0.742. The highest BCUT2D eigenvalue weighted by atomic mass is 32.1. The third kappa shape index (κ3) is 3.03. The zero-order valence-corrected chi connectivity index (χ0v) is 15.0. The highest BCUT2D eigenvalue weighted by Crippen LogP contribution is 2.33. The van der Waals surface area contributed by atoms with Gasteiger partial charge in [0, 0.05) is 20.6 Å². The first-order chi connectivity index (χ1) is 11.0. The lowest BCUT2D eigenvalue weighted by atomic mass is 10.2. The lowest BCUT2D eigenvalue weighted by Gasteiger charge is -2.25. The Balaban J connectivity index is 1.87. The number of amides is 2. The zero-order chi connectivity index (χ0) is 16.6. The molecular weight excluding hydrogens is 330 g/mol. The van der Waals surface area contributed by atoms with Gasteiger partial charge in [-0.3, -0.25) is 9.59 Å². The molecule has 0 radical (unpaired) electrons. The smallest absolute Gasteiger partial charge is 0.266 e. The van der Waals surface area contributed by atoms with Gasteiger partial charge in [0.05, 0.1) is 10.6 Å². The average molecular weight is 349 g/mol. The van der Waals surface area contributed by atoms with E-state index in [1.165, 1.54) is 11.3 Å². The van der Waals surface area contributed by atoms with E-state index in [1.54, 1.807) is 35.2 Å². The van der Waals surface area contributed by atoms with E-state index in [4.69, 9.17) is 0 Å². The second kappa shape index (κ2) is 6.41. The lowest BCUT2D eigenvalue weighted by Crippen LogP contribution is -2.45. The van der Waals surface area contributed by atoms with Crippen molar-refractivity contribution >= 4 is 34.5 Å². The number of carbonyl (C=O) groups excluding carboxylic acids is 2. The number of thiophene rings is 1. The third-order valence-corrected chi connectivity index (χ3v) is 6.15. The summed E-state index contributed by atoms with van der Waals surface area (Å²) >= 11 is 3.03. The quantitative estimate of drug-likeness (QED) is 0.856. The molecule has 0 bridgehead atoms. The van der Waals surface area contributed by atoms with Crippen molar-refractivity contribution in [3.8, 4) is 9.88 Å². The number of likely N-dealkylation sites (N-methyl/N-ethyl adjacent to an activating group) is 1. The molecule has 3 heterocycles. The van der Waals surface area contributed by atoms with Crippen LogP contribution in [-0.4, -0.2) is 53.3 Å². The predicted molar refractivity (Wildman–Crippen MR) is 92.9 cm³/mol. The van der Waals surface area contributed by atoms with E-state index < -0.39 is 0 Å². The largest absolute Gasteiger partial charge is 0.347 e. The van der Waals surface area contributed by atoms with Gasteiger partial charge in [-0.1, -0.05) is 6.07 Å². The van der Waals surface area contributed by atoms with Crippen molar-refractivity contribution in [1.82, 2.24) is 14.8 Å². The Morgan fingerprint density at radius 2 is 2.17 bits per heavy atom. The van der Waals surface area contributed by atoms with E-state index >= 15 is 0 Å². The van der Waals surface area contributed by atoms with Gasteiger partial charge < -0.3 is 9.80 Å². The van der Waals surface area contributed by atoms with E-state index in [0.29, 0.717) is 11.4 Å². The Bertz CT molecular complexity index is 722. The van der Waals surface area contributed by atoms with E-state index in [-0.39, 0.29) is 17.9 Å². The van der Waals surface area contributed by atoms with Crippen LogP contribution in [0.15, 0.2) is 17.5 Å². The number of aryl methyl sites for hydroxylation is 1. The topological polar surface area (TPSA) is 53.5 Å². The molecule has 1 aliphatic rings. The predicted octanol–water partition coefficient (Wildman–Crippen LogP) is 2.87. The molecule has 1 saturated heterocycles. The minimum absolute atomic E-state index is 0.00324. The van der Waals surface area contributed by atoms with Crippen LogP contribution in [-0.2, 0) is 4.79 Å². The molecule has 23 heavy (non-hydrogen) atoms. The maximum absolute atomic E-state index is 12.9. The molecule has 0 aromatic carbocycles. The van der Waals surface area contributed by atoms with Gasteiger partial charge >= 0.3 is 0 Å². The summed E-state index contributed by atoms with van der Waals surface area (Å²) in [5.74, 6) is -0.0722. The van der Waals surface area contributed by atoms with Crippen molar-refractivity contribution < 1.29 is 9.59 Å². The van der Waals surface area contributed by atoms with Crippen LogP contribution in [0.3, 0.4) is 0 Å².